The third kappa shape index (κ3) is 5.90. The maximum absolute atomic E-state index is 12.9. The van der Waals surface area contributed by atoms with E-state index in [1.807, 2.05) is 31.2 Å². The van der Waals surface area contributed by atoms with Crippen molar-refractivity contribution in [3.63, 3.8) is 0 Å². The van der Waals surface area contributed by atoms with E-state index in [1.54, 1.807) is 0 Å². The standard InChI is InChI=1S/C24H31NO6/c1-8-19(31-16-11-9-15(10-12-16)24(2,3)4)22(26)25-18-14-21(29-6)20(28-5)13-17(18)23(27)30-7/h9-14,19H,8H2,1-7H3,(H,25,26)/t19-/m0/s1. The van der Waals surface area contributed by atoms with Gasteiger partial charge in [-0.25, -0.2) is 4.79 Å². The number of benzene rings is 2. The second kappa shape index (κ2) is 10.2. The highest BCUT2D eigenvalue weighted by Crippen LogP contribution is 2.34. The summed E-state index contributed by atoms with van der Waals surface area (Å²) in [5, 5.41) is 2.76. The first-order valence-electron chi connectivity index (χ1n) is 10.1. The predicted molar refractivity (Wildman–Crippen MR) is 119 cm³/mol. The van der Waals surface area contributed by atoms with Gasteiger partial charge in [0, 0.05) is 12.1 Å². The Morgan fingerprint density at radius 3 is 2.03 bits per heavy atom. The molecular formula is C24H31NO6. The summed E-state index contributed by atoms with van der Waals surface area (Å²) in [5.74, 6) is 0.318. The van der Waals surface area contributed by atoms with Crippen LogP contribution in [0.1, 0.15) is 50.0 Å². The SMILES string of the molecule is CC[C@H](Oc1ccc(C(C)(C)C)cc1)C(=O)Nc1cc(OC)c(OC)cc1C(=O)OC. The molecule has 0 heterocycles. The van der Waals surface area contributed by atoms with Crippen molar-refractivity contribution in [1.29, 1.82) is 0 Å². The fraction of sp³-hybridized carbons (Fsp3) is 0.417. The molecule has 7 nitrogen and oxygen atoms in total. The second-order valence-corrected chi connectivity index (χ2v) is 8.02. The van der Waals surface area contributed by atoms with Crippen LogP contribution in [-0.4, -0.2) is 39.3 Å². The molecule has 0 bridgehead atoms. The van der Waals surface area contributed by atoms with Crippen LogP contribution in [0.15, 0.2) is 36.4 Å². The monoisotopic (exact) mass is 429 g/mol. The van der Waals surface area contributed by atoms with E-state index in [4.69, 9.17) is 18.9 Å². The average Bonchev–Trinajstić information content (AvgIpc) is 2.76. The van der Waals surface area contributed by atoms with Crippen LogP contribution in [0.2, 0.25) is 0 Å². The summed E-state index contributed by atoms with van der Waals surface area (Å²) in [6.45, 7) is 8.25. The van der Waals surface area contributed by atoms with Gasteiger partial charge in [-0.3, -0.25) is 4.79 Å². The fourth-order valence-corrected chi connectivity index (χ4v) is 2.99. The molecule has 2 rings (SSSR count). The van der Waals surface area contributed by atoms with Gasteiger partial charge in [0.15, 0.2) is 17.6 Å². The third-order valence-electron chi connectivity index (χ3n) is 4.85. The van der Waals surface area contributed by atoms with Crippen LogP contribution in [-0.2, 0) is 14.9 Å². The van der Waals surface area contributed by atoms with Crippen molar-refractivity contribution in [3.8, 4) is 17.2 Å². The number of hydrogen-bond acceptors (Lipinski definition) is 6. The van der Waals surface area contributed by atoms with E-state index >= 15 is 0 Å². The van der Waals surface area contributed by atoms with Gasteiger partial charge in [-0.15, -0.1) is 0 Å². The Hall–Kier alpha value is -3.22. The van der Waals surface area contributed by atoms with Crippen molar-refractivity contribution < 1.29 is 28.5 Å². The minimum absolute atomic E-state index is 0.0256. The molecule has 0 spiro atoms. The number of rotatable bonds is 8. The Bertz CT molecular complexity index is 915. The summed E-state index contributed by atoms with van der Waals surface area (Å²) in [5.41, 5.74) is 1.60. The number of nitrogens with one attached hydrogen (secondary N) is 1. The smallest absolute Gasteiger partial charge is 0.340 e. The van der Waals surface area contributed by atoms with Crippen molar-refractivity contribution in [2.75, 3.05) is 26.6 Å². The van der Waals surface area contributed by atoms with Gasteiger partial charge in [0.1, 0.15) is 5.75 Å². The van der Waals surface area contributed by atoms with Gasteiger partial charge in [-0.2, -0.15) is 0 Å². The summed E-state index contributed by atoms with van der Waals surface area (Å²) in [6.07, 6.45) is -0.313. The third-order valence-corrected chi connectivity index (χ3v) is 4.85. The van der Waals surface area contributed by atoms with Crippen molar-refractivity contribution >= 4 is 17.6 Å². The second-order valence-electron chi connectivity index (χ2n) is 8.02. The topological polar surface area (TPSA) is 83.1 Å². The number of methoxy groups -OCH3 is 3. The number of carbonyl (C=O) groups excluding carboxylic acids is 2. The Balaban J connectivity index is 2.26. The molecule has 0 aliphatic carbocycles. The first kappa shape index (κ1) is 24.1. The van der Waals surface area contributed by atoms with E-state index in [0.717, 1.165) is 0 Å². The van der Waals surface area contributed by atoms with E-state index < -0.39 is 12.1 Å². The van der Waals surface area contributed by atoms with E-state index in [2.05, 4.69) is 26.1 Å². The highest BCUT2D eigenvalue weighted by Gasteiger charge is 2.24. The molecule has 2 aromatic carbocycles. The van der Waals surface area contributed by atoms with Gasteiger partial charge in [0.05, 0.1) is 32.6 Å². The molecule has 0 aromatic heterocycles. The van der Waals surface area contributed by atoms with E-state index in [1.165, 1.54) is 39.0 Å². The van der Waals surface area contributed by atoms with Gasteiger partial charge < -0.3 is 24.3 Å². The Morgan fingerprint density at radius 2 is 1.55 bits per heavy atom. The molecule has 0 radical (unpaired) electrons. The quantitative estimate of drug-likeness (QED) is 0.618. The molecule has 0 unspecified atom stereocenters. The lowest BCUT2D eigenvalue weighted by Crippen LogP contribution is -2.33. The summed E-state index contributed by atoms with van der Waals surface area (Å²) < 4.78 is 21.3. The number of amides is 1. The maximum Gasteiger partial charge on any atom is 0.340 e. The lowest BCUT2D eigenvalue weighted by Gasteiger charge is -2.21. The number of hydrogen-bond donors (Lipinski definition) is 1. The lowest BCUT2D eigenvalue weighted by molar-refractivity contribution is -0.122. The van der Waals surface area contributed by atoms with Gasteiger partial charge in [-0.05, 0) is 29.5 Å². The molecule has 0 saturated carbocycles. The van der Waals surface area contributed by atoms with Crippen LogP contribution < -0.4 is 19.5 Å². The molecule has 1 atom stereocenters. The molecule has 0 aliphatic rings. The summed E-state index contributed by atoms with van der Waals surface area (Å²) in [6, 6.07) is 10.7. The first-order chi connectivity index (χ1) is 14.6. The zero-order valence-corrected chi connectivity index (χ0v) is 19.2. The lowest BCUT2D eigenvalue weighted by atomic mass is 9.87. The normalized spacial score (nSPS) is 12.0. The average molecular weight is 430 g/mol. The molecule has 2 aromatic rings. The molecule has 1 N–H and O–H groups in total. The molecule has 0 fully saturated rings. The fourth-order valence-electron chi connectivity index (χ4n) is 2.99. The zero-order chi connectivity index (χ0) is 23.2. The van der Waals surface area contributed by atoms with E-state index in [9.17, 15) is 9.59 Å². The summed E-state index contributed by atoms with van der Waals surface area (Å²) >= 11 is 0. The number of ether oxygens (including phenoxy) is 4. The van der Waals surface area contributed by atoms with Crippen molar-refractivity contribution in [2.24, 2.45) is 0 Å². The molecule has 0 saturated heterocycles. The molecule has 0 aliphatic heterocycles. The van der Waals surface area contributed by atoms with Crippen LogP contribution in [0.4, 0.5) is 5.69 Å². The Kier molecular flexibility index (Phi) is 7.91. The zero-order valence-electron chi connectivity index (χ0n) is 19.2. The minimum Gasteiger partial charge on any atom is -0.493 e. The summed E-state index contributed by atoms with van der Waals surface area (Å²) in [7, 11) is 4.20. The van der Waals surface area contributed by atoms with Crippen LogP contribution in [0.3, 0.4) is 0 Å². The van der Waals surface area contributed by atoms with Crippen LogP contribution >= 0.6 is 0 Å². The molecule has 1 amide bonds. The largest absolute Gasteiger partial charge is 0.493 e. The highest BCUT2D eigenvalue weighted by atomic mass is 16.5. The Labute approximate surface area is 183 Å². The van der Waals surface area contributed by atoms with E-state index in [-0.39, 0.29) is 22.6 Å². The van der Waals surface area contributed by atoms with Crippen molar-refractivity contribution in [3.05, 3.63) is 47.5 Å². The summed E-state index contributed by atoms with van der Waals surface area (Å²) in [4.78, 5) is 25.2. The van der Waals surface area contributed by atoms with E-state index in [0.29, 0.717) is 23.7 Å². The molecule has 7 heteroatoms. The maximum atomic E-state index is 12.9. The van der Waals surface area contributed by atoms with Gasteiger partial charge in [-0.1, -0.05) is 39.8 Å². The predicted octanol–water partition coefficient (Wildman–Crippen LogP) is 4.58. The van der Waals surface area contributed by atoms with Gasteiger partial charge in [0.2, 0.25) is 0 Å². The highest BCUT2D eigenvalue weighted by molar-refractivity contribution is 6.03. The van der Waals surface area contributed by atoms with Gasteiger partial charge in [0.25, 0.3) is 5.91 Å². The van der Waals surface area contributed by atoms with Crippen LogP contribution in [0.5, 0.6) is 17.2 Å². The molecule has 168 valence electrons. The van der Waals surface area contributed by atoms with Crippen molar-refractivity contribution in [1.82, 2.24) is 0 Å². The number of esters is 1. The minimum atomic E-state index is -0.751. The number of anilines is 1. The Morgan fingerprint density at radius 1 is 0.968 bits per heavy atom. The molecular weight excluding hydrogens is 398 g/mol. The van der Waals surface area contributed by atoms with Gasteiger partial charge >= 0.3 is 5.97 Å². The van der Waals surface area contributed by atoms with Crippen LogP contribution in [0.25, 0.3) is 0 Å². The number of carbonyl (C=O) groups is 2. The van der Waals surface area contributed by atoms with Crippen LogP contribution in [0, 0.1) is 0 Å². The first-order valence-corrected chi connectivity index (χ1v) is 10.1. The van der Waals surface area contributed by atoms with Crippen molar-refractivity contribution in [2.45, 2.75) is 45.6 Å². The molecule has 31 heavy (non-hydrogen) atoms.